The fourth-order valence-corrected chi connectivity index (χ4v) is 3.46. The zero-order valence-corrected chi connectivity index (χ0v) is 18.0. The third kappa shape index (κ3) is 5.48. The topological polar surface area (TPSA) is 108 Å². The van der Waals surface area contributed by atoms with E-state index in [4.69, 9.17) is 18.9 Å². The lowest BCUT2D eigenvalue weighted by Gasteiger charge is -2.23. The van der Waals surface area contributed by atoms with E-state index in [0.29, 0.717) is 5.56 Å². The van der Waals surface area contributed by atoms with Crippen LogP contribution in [0.25, 0.3) is 0 Å². The lowest BCUT2D eigenvalue weighted by Crippen LogP contribution is -2.42. The average Bonchev–Trinajstić information content (AvgIpc) is 3.17. The van der Waals surface area contributed by atoms with Crippen molar-refractivity contribution in [3.05, 3.63) is 108 Å². The molecule has 174 valence electrons. The van der Waals surface area contributed by atoms with Gasteiger partial charge in [0.2, 0.25) is 0 Å². The highest BCUT2D eigenvalue weighted by atomic mass is 16.7. The first-order chi connectivity index (χ1) is 16.5. The smallest absolute Gasteiger partial charge is 0.338 e. The first-order valence-corrected chi connectivity index (χ1v) is 10.6. The van der Waals surface area contributed by atoms with Crippen LogP contribution in [-0.4, -0.2) is 54.2 Å². The van der Waals surface area contributed by atoms with Crippen LogP contribution in [-0.2, 0) is 18.9 Å². The molecule has 1 heterocycles. The third-order valence-corrected chi connectivity index (χ3v) is 5.18. The van der Waals surface area contributed by atoms with Gasteiger partial charge in [-0.25, -0.2) is 14.4 Å². The number of aliphatic hydroxyl groups excluding tert-OH is 1. The molecule has 1 aliphatic rings. The van der Waals surface area contributed by atoms with Gasteiger partial charge in [-0.15, -0.1) is 0 Å². The molecule has 1 N–H and O–H groups in total. The monoisotopic (exact) mass is 462 g/mol. The number of carbonyl (C=O) groups excluding carboxylic acids is 3. The molecular weight excluding hydrogens is 440 g/mol. The summed E-state index contributed by atoms with van der Waals surface area (Å²) in [7, 11) is 0. The van der Waals surface area contributed by atoms with Crippen LogP contribution >= 0.6 is 0 Å². The summed E-state index contributed by atoms with van der Waals surface area (Å²) in [4.78, 5) is 37.6. The van der Waals surface area contributed by atoms with E-state index in [1.807, 2.05) is 0 Å². The Morgan fingerprint density at radius 2 is 1.06 bits per heavy atom. The number of esters is 3. The molecule has 1 fully saturated rings. The summed E-state index contributed by atoms with van der Waals surface area (Å²) in [6, 6.07) is 24.7. The minimum absolute atomic E-state index is 0.252. The maximum absolute atomic E-state index is 12.7. The molecular formula is C26H22O8. The van der Waals surface area contributed by atoms with Crippen molar-refractivity contribution in [1.82, 2.24) is 0 Å². The van der Waals surface area contributed by atoms with Crippen molar-refractivity contribution in [2.75, 3.05) is 6.61 Å². The highest BCUT2D eigenvalue weighted by molar-refractivity contribution is 5.90. The van der Waals surface area contributed by atoms with Crippen LogP contribution in [0.1, 0.15) is 31.1 Å². The predicted molar refractivity (Wildman–Crippen MR) is 119 cm³/mol. The van der Waals surface area contributed by atoms with Crippen LogP contribution in [0.4, 0.5) is 0 Å². The molecule has 4 rings (SSSR count). The molecule has 8 heteroatoms. The summed E-state index contributed by atoms with van der Waals surface area (Å²) < 4.78 is 21.8. The van der Waals surface area contributed by atoms with Crippen LogP contribution in [0, 0.1) is 0 Å². The van der Waals surface area contributed by atoms with Crippen LogP contribution in [0.15, 0.2) is 91.0 Å². The Balaban J connectivity index is 1.51. The summed E-state index contributed by atoms with van der Waals surface area (Å²) in [5.74, 6) is -2.05. The number of rotatable bonds is 7. The Kier molecular flexibility index (Phi) is 7.31. The molecule has 0 aliphatic carbocycles. The zero-order valence-electron chi connectivity index (χ0n) is 18.0. The van der Waals surface area contributed by atoms with E-state index >= 15 is 0 Å². The van der Waals surface area contributed by atoms with E-state index in [2.05, 4.69) is 0 Å². The maximum atomic E-state index is 12.7. The molecule has 3 aromatic carbocycles. The molecule has 1 saturated heterocycles. The molecule has 3 aromatic rings. The van der Waals surface area contributed by atoms with Crippen LogP contribution in [0.2, 0.25) is 0 Å². The molecule has 0 amide bonds. The predicted octanol–water partition coefficient (Wildman–Crippen LogP) is 3.01. The lowest BCUT2D eigenvalue weighted by atomic mass is 10.1. The first-order valence-electron chi connectivity index (χ1n) is 10.6. The minimum Gasteiger partial charge on any atom is -0.459 e. The summed E-state index contributed by atoms with van der Waals surface area (Å²) in [5, 5.41) is 10.5. The van der Waals surface area contributed by atoms with E-state index in [1.54, 1.807) is 91.0 Å². The first kappa shape index (κ1) is 23.2. The van der Waals surface area contributed by atoms with Crippen molar-refractivity contribution in [3.8, 4) is 0 Å². The number of carbonyl (C=O) groups is 3. The van der Waals surface area contributed by atoms with Gasteiger partial charge in [0.05, 0.1) is 16.7 Å². The van der Waals surface area contributed by atoms with Gasteiger partial charge in [-0.3, -0.25) is 0 Å². The molecule has 34 heavy (non-hydrogen) atoms. The van der Waals surface area contributed by atoms with Crippen molar-refractivity contribution in [2.24, 2.45) is 0 Å². The van der Waals surface area contributed by atoms with Crippen molar-refractivity contribution in [3.63, 3.8) is 0 Å². The van der Waals surface area contributed by atoms with Crippen molar-refractivity contribution in [1.29, 1.82) is 0 Å². The van der Waals surface area contributed by atoms with Crippen LogP contribution < -0.4 is 0 Å². The Labute approximate surface area is 195 Å². The third-order valence-electron chi connectivity index (χ3n) is 5.18. The van der Waals surface area contributed by atoms with Gasteiger partial charge in [0.15, 0.2) is 18.5 Å². The minimum atomic E-state index is -1.60. The quantitative estimate of drug-likeness (QED) is 0.422. The van der Waals surface area contributed by atoms with Gasteiger partial charge in [0.1, 0.15) is 12.7 Å². The number of benzene rings is 3. The SMILES string of the molecule is O=C(OC[C@@H]1OC(O)[C@H](OC(=O)c2ccccc2)[C@H]1OC(=O)c1ccccc1)c1ccccc1. The molecule has 1 unspecified atom stereocenters. The second-order valence-corrected chi connectivity index (χ2v) is 7.50. The fraction of sp³-hybridized carbons (Fsp3) is 0.192. The maximum Gasteiger partial charge on any atom is 0.338 e. The molecule has 0 saturated carbocycles. The van der Waals surface area contributed by atoms with Gasteiger partial charge in [-0.1, -0.05) is 54.6 Å². The van der Waals surface area contributed by atoms with E-state index in [9.17, 15) is 19.5 Å². The van der Waals surface area contributed by atoms with E-state index in [1.165, 1.54) is 0 Å². The van der Waals surface area contributed by atoms with E-state index < -0.39 is 42.5 Å². The van der Waals surface area contributed by atoms with Gasteiger partial charge in [-0.2, -0.15) is 0 Å². The van der Waals surface area contributed by atoms with Crippen molar-refractivity contribution in [2.45, 2.75) is 24.6 Å². The Morgan fingerprint density at radius 3 is 1.53 bits per heavy atom. The summed E-state index contributed by atoms with van der Waals surface area (Å²) >= 11 is 0. The van der Waals surface area contributed by atoms with Crippen LogP contribution in [0.3, 0.4) is 0 Å². The second-order valence-electron chi connectivity index (χ2n) is 7.50. The van der Waals surface area contributed by atoms with Gasteiger partial charge >= 0.3 is 17.9 Å². The van der Waals surface area contributed by atoms with Gasteiger partial charge in [0.25, 0.3) is 0 Å². The molecule has 0 aromatic heterocycles. The lowest BCUT2D eigenvalue weighted by molar-refractivity contribution is -0.135. The zero-order chi connectivity index (χ0) is 23.9. The standard InChI is InChI=1S/C26H22O8/c27-23(17-10-4-1-5-11-17)31-16-20-21(33-24(28)18-12-6-2-7-13-18)22(26(30)32-20)34-25(29)19-14-8-3-9-15-19/h1-15,20-22,26,30H,16H2/t20-,21-,22+,26?/m0/s1. The molecule has 4 atom stereocenters. The van der Waals surface area contributed by atoms with Crippen molar-refractivity contribution < 1.29 is 38.4 Å². The second kappa shape index (κ2) is 10.7. The fourth-order valence-electron chi connectivity index (χ4n) is 3.46. The molecule has 0 radical (unpaired) electrons. The normalized spacial score (nSPS) is 21.4. The number of ether oxygens (including phenoxy) is 4. The van der Waals surface area contributed by atoms with Gasteiger partial charge in [0, 0.05) is 0 Å². The average molecular weight is 462 g/mol. The van der Waals surface area contributed by atoms with E-state index in [-0.39, 0.29) is 17.7 Å². The Bertz CT molecular complexity index is 1120. The summed E-state index contributed by atoms with van der Waals surface area (Å²) in [6.45, 7) is -0.336. The van der Waals surface area contributed by atoms with Crippen molar-refractivity contribution >= 4 is 17.9 Å². The van der Waals surface area contributed by atoms with E-state index in [0.717, 1.165) is 0 Å². The number of hydrogen-bond acceptors (Lipinski definition) is 8. The van der Waals surface area contributed by atoms with Gasteiger partial charge in [-0.05, 0) is 36.4 Å². The molecule has 1 aliphatic heterocycles. The number of aliphatic hydroxyl groups is 1. The molecule has 0 spiro atoms. The summed E-state index contributed by atoms with van der Waals surface area (Å²) in [5.41, 5.74) is 0.838. The Hall–Kier alpha value is -4.01. The summed E-state index contributed by atoms with van der Waals surface area (Å²) in [6.07, 6.45) is -5.22. The largest absolute Gasteiger partial charge is 0.459 e. The Morgan fingerprint density at radius 1 is 0.647 bits per heavy atom. The van der Waals surface area contributed by atoms with Gasteiger partial charge < -0.3 is 24.1 Å². The number of hydrogen-bond donors (Lipinski definition) is 1. The van der Waals surface area contributed by atoms with Crippen LogP contribution in [0.5, 0.6) is 0 Å². The molecule has 0 bridgehead atoms. The highest BCUT2D eigenvalue weighted by Gasteiger charge is 2.50. The highest BCUT2D eigenvalue weighted by Crippen LogP contribution is 2.28. The molecule has 8 nitrogen and oxygen atoms in total.